The fourth-order valence-electron chi connectivity index (χ4n) is 2.11. The van der Waals surface area contributed by atoms with E-state index in [1.165, 1.54) is 7.11 Å². The number of carbonyl (C=O) groups excluding carboxylic acids is 1. The molecule has 0 radical (unpaired) electrons. The zero-order chi connectivity index (χ0) is 14.7. The fourth-order valence-corrected chi connectivity index (χ4v) is 2.11. The molecule has 0 bridgehead atoms. The van der Waals surface area contributed by atoms with Gasteiger partial charge < -0.3 is 19.8 Å². The lowest BCUT2D eigenvalue weighted by molar-refractivity contribution is -0.142. The van der Waals surface area contributed by atoms with Crippen molar-refractivity contribution in [2.45, 2.75) is 19.1 Å². The summed E-state index contributed by atoms with van der Waals surface area (Å²) in [6.45, 7) is 2.07. The van der Waals surface area contributed by atoms with E-state index in [4.69, 9.17) is 14.9 Å². The van der Waals surface area contributed by atoms with Gasteiger partial charge in [0.1, 0.15) is 17.4 Å². The molecule has 116 valence electrons. The molecule has 1 aromatic heterocycles. The Morgan fingerprint density at radius 3 is 2.67 bits per heavy atom. The van der Waals surface area contributed by atoms with E-state index in [9.17, 15) is 4.79 Å². The van der Waals surface area contributed by atoms with E-state index < -0.39 is 6.10 Å². The topological polar surface area (TPSA) is 68.7 Å². The number of amides is 1. The number of halogens is 1. The molecule has 0 saturated heterocycles. The number of nitrogens with two attached hydrogens (primary N) is 1. The molecule has 6 heteroatoms. The number of methoxy groups -OCH3 is 1. The molecule has 0 aliphatic carbocycles. The first-order valence-electron chi connectivity index (χ1n) is 6.56. The van der Waals surface area contributed by atoms with Crippen LogP contribution >= 0.6 is 12.4 Å². The normalized spacial score (nSPS) is 13.5. The van der Waals surface area contributed by atoms with Crippen LogP contribution in [0, 0.1) is 0 Å². The maximum atomic E-state index is 12.2. The highest BCUT2D eigenvalue weighted by Crippen LogP contribution is 2.26. The van der Waals surface area contributed by atoms with Crippen LogP contribution in [-0.2, 0) is 9.53 Å². The van der Waals surface area contributed by atoms with Crippen molar-refractivity contribution in [3.05, 3.63) is 36.1 Å². The van der Waals surface area contributed by atoms with E-state index in [-0.39, 0.29) is 30.9 Å². The molecule has 0 spiro atoms. The third-order valence-corrected chi connectivity index (χ3v) is 3.56. The number of carbonyl (C=O) groups is 1. The number of nitrogens with zero attached hydrogens (tertiary/aromatic N) is 1. The predicted octanol–water partition coefficient (Wildman–Crippen LogP) is 2.35. The number of hydrogen-bond donors (Lipinski definition) is 1. The molecule has 1 heterocycles. The lowest BCUT2D eigenvalue weighted by Gasteiger charge is -2.26. The molecule has 5 nitrogen and oxygen atoms in total. The van der Waals surface area contributed by atoms with Gasteiger partial charge in [-0.15, -0.1) is 12.4 Å². The lowest BCUT2D eigenvalue weighted by Crippen LogP contribution is -2.42. The number of furan rings is 1. The number of ether oxygens (including phenoxy) is 1. The SMILES string of the molecule is COC(CN)C(=O)N(C)C(C)c1cc2ccccc2o1.Cl. The molecule has 21 heavy (non-hydrogen) atoms. The second-order valence-corrected chi connectivity index (χ2v) is 4.77. The first-order chi connectivity index (χ1) is 9.58. The molecular weight excluding hydrogens is 292 g/mol. The molecule has 2 rings (SSSR count). The number of benzene rings is 1. The average molecular weight is 313 g/mol. The molecular formula is C15H21ClN2O3. The summed E-state index contributed by atoms with van der Waals surface area (Å²) in [6.07, 6.45) is -0.619. The largest absolute Gasteiger partial charge is 0.459 e. The van der Waals surface area contributed by atoms with Gasteiger partial charge in [-0.05, 0) is 19.1 Å². The van der Waals surface area contributed by atoms with Crippen molar-refractivity contribution < 1.29 is 13.9 Å². The van der Waals surface area contributed by atoms with Crippen LogP contribution in [0.15, 0.2) is 34.7 Å². The first kappa shape index (κ1) is 17.5. The summed E-state index contributed by atoms with van der Waals surface area (Å²) >= 11 is 0. The van der Waals surface area contributed by atoms with Crippen LogP contribution in [0.1, 0.15) is 18.7 Å². The van der Waals surface area contributed by atoms with E-state index in [2.05, 4.69) is 0 Å². The Kier molecular flexibility index (Phi) is 6.20. The van der Waals surface area contributed by atoms with E-state index >= 15 is 0 Å². The van der Waals surface area contributed by atoms with E-state index in [0.29, 0.717) is 0 Å². The van der Waals surface area contributed by atoms with Crippen LogP contribution < -0.4 is 5.73 Å². The zero-order valence-corrected chi connectivity index (χ0v) is 13.2. The summed E-state index contributed by atoms with van der Waals surface area (Å²) in [6, 6.07) is 9.54. The highest BCUT2D eigenvalue weighted by Gasteiger charge is 2.26. The lowest BCUT2D eigenvalue weighted by atomic mass is 10.2. The third-order valence-electron chi connectivity index (χ3n) is 3.56. The average Bonchev–Trinajstić information content (AvgIpc) is 2.90. The van der Waals surface area contributed by atoms with Crippen molar-refractivity contribution in [3.63, 3.8) is 0 Å². The van der Waals surface area contributed by atoms with Gasteiger partial charge >= 0.3 is 0 Å². The minimum Gasteiger partial charge on any atom is -0.459 e. The summed E-state index contributed by atoms with van der Waals surface area (Å²) < 4.78 is 10.9. The highest BCUT2D eigenvalue weighted by atomic mass is 35.5. The summed E-state index contributed by atoms with van der Waals surface area (Å²) in [5, 5.41) is 1.03. The van der Waals surface area contributed by atoms with Crippen molar-refractivity contribution in [1.29, 1.82) is 0 Å². The first-order valence-corrected chi connectivity index (χ1v) is 6.56. The van der Waals surface area contributed by atoms with Crippen molar-refractivity contribution >= 4 is 29.3 Å². The van der Waals surface area contributed by atoms with Gasteiger partial charge in [0.25, 0.3) is 5.91 Å². The molecule has 2 N–H and O–H groups in total. The number of fused-ring (bicyclic) bond motifs is 1. The Morgan fingerprint density at radius 2 is 2.10 bits per heavy atom. The molecule has 0 aliphatic rings. The van der Waals surface area contributed by atoms with Gasteiger partial charge in [-0.2, -0.15) is 0 Å². The van der Waals surface area contributed by atoms with Crippen molar-refractivity contribution in [3.8, 4) is 0 Å². The number of para-hydroxylation sites is 1. The smallest absolute Gasteiger partial charge is 0.253 e. The molecule has 2 unspecified atom stereocenters. The van der Waals surface area contributed by atoms with Crippen LogP contribution in [0.4, 0.5) is 0 Å². The summed E-state index contributed by atoms with van der Waals surface area (Å²) in [4.78, 5) is 13.8. The Hall–Kier alpha value is -1.56. The van der Waals surface area contributed by atoms with E-state index in [0.717, 1.165) is 16.7 Å². The van der Waals surface area contributed by atoms with Crippen molar-refractivity contribution in [2.24, 2.45) is 5.73 Å². The van der Waals surface area contributed by atoms with Gasteiger partial charge in [0, 0.05) is 26.1 Å². The minimum absolute atomic E-state index is 0. The Labute approximate surface area is 130 Å². The van der Waals surface area contributed by atoms with Crippen LogP contribution in [0.3, 0.4) is 0 Å². The molecule has 1 amide bonds. The fraction of sp³-hybridized carbons (Fsp3) is 0.400. The van der Waals surface area contributed by atoms with E-state index in [1.54, 1.807) is 11.9 Å². The van der Waals surface area contributed by atoms with Gasteiger partial charge in [0.2, 0.25) is 0 Å². The van der Waals surface area contributed by atoms with Crippen molar-refractivity contribution in [1.82, 2.24) is 4.90 Å². The molecule has 0 saturated carbocycles. The van der Waals surface area contributed by atoms with Crippen LogP contribution in [0.2, 0.25) is 0 Å². The number of likely N-dealkylation sites (N-methyl/N-ethyl adjacent to an activating group) is 1. The third kappa shape index (κ3) is 3.56. The van der Waals surface area contributed by atoms with E-state index in [1.807, 2.05) is 37.3 Å². The molecule has 0 fully saturated rings. The predicted molar refractivity (Wildman–Crippen MR) is 84.5 cm³/mol. The van der Waals surface area contributed by atoms with Gasteiger partial charge in [0.05, 0.1) is 6.04 Å². The number of hydrogen-bond acceptors (Lipinski definition) is 4. The van der Waals surface area contributed by atoms with Crippen molar-refractivity contribution in [2.75, 3.05) is 20.7 Å². The Bertz CT molecular complexity index is 562. The summed E-state index contributed by atoms with van der Waals surface area (Å²) in [5.41, 5.74) is 6.34. The zero-order valence-electron chi connectivity index (χ0n) is 12.4. The van der Waals surface area contributed by atoms with Crippen LogP contribution in [0.5, 0.6) is 0 Å². The molecule has 0 aliphatic heterocycles. The summed E-state index contributed by atoms with van der Waals surface area (Å²) in [5.74, 6) is 0.594. The second kappa shape index (κ2) is 7.45. The Morgan fingerprint density at radius 1 is 1.43 bits per heavy atom. The molecule has 1 aromatic carbocycles. The molecule has 2 atom stereocenters. The van der Waals surface area contributed by atoms with Crippen LogP contribution in [0.25, 0.3) is 11.0 Å². The minimum atomic E-state index is -0.619. The highest BCUT2D eigenvalue weighted by molar-refractivity contribution is 5.85. The van der Waals surface area contributed by atoms with Crippen LogP contribution in [-0.4, -0.2) is 37.6 Å². The molecule has 2 aromatic rings. The van der Waals surface area contributed by atoms with Gasteiger partial charge in [-0.25, -0.2) is 0 Å². The second-order valence-electron chi connectivity index (χ2n) is 4.77. The number of rotatable bonds is 5. The Balaban J connectivity index is 0.00000220. The standard InChI is InChI=1S/C15H20N2O3.ClH/c1-10(17(2)15(18)14(9-16)19-3)13-8-11-6-4-5-7-12(11)20-13;/h4-8,10,14H,9,16H2,1-3H3;1H. The van der Waals surface area contributed by atoms with Gasteiger partial charge in [-0.1, -0.05) is 18.2 Å². The maximum absolute atomic E-state index is 12.2. The summed E-state index contributed by atoms with van der Waals surface area (Å²) in [7, 11) is 3.21. The quantitative estimate of drug-likeness (QED) is 0.920. The monoisotopic (exact) mass is 312 g/mol. The maximum Gasteiger partial charge on any atom is 0.253 e. The van der Waals surface area contributed by atoms with Gasteiger partial charge in [0.15, 0.2) is 0 Å². The van der Waals surface area contributed by atoms with Gasteiger partial charge in [-0.3, -0.25) is 4.79 Å².